The molecule has 0 aromatic heterocycles. The molecule has 0 spiro atoms. The molecular weight excluding hydrogens is 400 g/mol. The molecule has 0 bridgehead atoms. The quantitative estimate of drug-likeness (QED) is 0.731. The second-order valence-corrected chi connectivity index (χ2v) is 7.68. The van der Waals surface area contributed by atoms with Crippen LogP contribution in [-0.4, -0.2) is 36.5 Å². The predicted octanol–water partition coefficient (Wildman–Crippen LogP) is 4.65. The second-order valence-electron chi connectivity index (χ2n) is 7.68. The first-order valence-corrected chi connectivity index (χ1v) is 9.22. The van der Waals surface area contributed by atoms with Crippen LogP contribution in [0.2, 0.25) is 0 Å². The van der Waals surface area contributed by atoms with Crippen molar-refractivity contribution in [2.75, 3.05) is 18.4 Å². The number of nitrogens with two attached hydrogens (primary N) is 1. The lowest BCUT2D eigenvalue weighted by atomic mass is 9.79. The summed E-state index contributed by atoms with van der Waals surface area (Å²) in [5, 5.41) is 3.19. The zero-order valence-electron chi connectivity index (χ0n) is 16.4. The van der Waals surface area contributed by atoms with Crippen LogP contribution in [0.1, 0.15) is 30.6 Å². The van der Waals surface area contributed by atoms with Gasteiger partial charge in [-0.3, -0.25) is 4.79 Å². The average molecular weight is 426 g/mol. The lowest BCUT2D eigenvalue weighted by Gasteiger charge is -2.42. The van der Waals surface area contributed by atoms with E-state index in [1.54, 1.807) is 18.2 Å². The van der Waals surface area contributed by atoms with Crippen molar-refractivity contribution in [3.05, 3.63) is 54.1 Å². The smallest absolute Gasteiger partial charge is 0.387 e. The lowest BCUT2D eigenvalue weighted by molar-refractivity contribution is -0.0498. The molecule has 8 heteroatoms. The van der Waals surface area contributed by atoms with Crippen LogP contribution in [0.4, 0.5) is 20.2 Å². The number of ether oxygens (including phenoxy) is 1. The maximum atomic E-state index is 13.1. The molecule has 3 N–H and O–H groups in total. The molecule has 1 unspecified atom stereocenters. The van der Waals surface area contributed by atoms with Crippen LogP contribution in [0.5, 0.6) is 5.75 Å². The number of amides is 1. The largest absolute Gasteiger partial charge is 0.435 e. The fourth-order valence-corrected chi connectivity index (χ4v) is 3.37. The number of carbonyl (C=O) groups is 1. The fraction of sp³-hybridized carbons (Fsp3) is 0.381. The predicted molar refractivity (Wildman–Crippen MR) is 112 cm³/mol. The Morgan fingerprint density at radius 3 is 2.48 bits per heavy atom. The van der Waals surface area contributed by atoms with Gasteiger partial charge < -0.3 is 20.7 Å². The Kier molecular flexibility index (Phi) is 7.43. The van der Waals surface area contributed by atoms with E-state index in [4.69, 9.17) is 5.73 Å². The summed E-state index contributed by atoms with van der Waals surface area (Å²) < 4.78 is 28.9. The van der Waals surface area contributed by atoms with E-state index < -0.39 is 6.61 Å². The minimum atomic E-state index is -2.86. The van der Waals surface area contributed by atoms with E-state index in [1.165, 1.54) is 12.1 Å². The first-order valence-electron chi connectivity index (χ1n) is 9.22. The number of hydrogen-bond acceptors (Lipinski definition) is 4. The summed E-state index contributed by atoms with van der Waals surface area (Å²) in [6, 6.07) is 13.5. The maximum Gasteiger partial charge on any atom is 0.387 e. The number of para-hydroxylation sites is 1. The van der Waals surface area contributed by atoms with Crippen LogP contribution in [0.15, 0.2) is 48.5 Å². The van der Waals surface area contributed by atoms with Gasteiger partial charge in [-0.25, -0.2) is 0 Å². The summed E-state index contributed by atoms with van der Waals surface area (Å²) in [6.07, 6.45) is 0.764. The molecule has 1 aliphatic heterocycles. The van der Waals surface area contributed by atoms with Crippen molar-refractivity contribution >= 4 is 29.7 Å². The van der Waals surface area contributed by atoms with Crippen molar-refractivity contribution in [2.45, 2.75) is 32.9 Å². The third kappa shape index (κ3) is 5.58. The highest BCUT2D eigenvalue weighted by atomic mass is 35.5. The van der Waals surface area contributed by atoms with Gasteiger partial charge in [-0.15, -0.1) is 12.4 Å². The van der Waals surface area contributed by atoms with Gasteiger partial charge in [0.1, 0.15) is 5.75 Å². The first-order chi connectivity index (χ1) is 13.3. The lowest BCUT2D eigenvalue weighted by Crippen LogP contribution is -2.54. The molecule has 1 fully saturated rings. The van der Waals surface area contributed by atoms with Crippen LogP contribution >= 0.6 is 12.4 Å². The first kappa shape index (κ1) is 22.9. The Hall–Kier alpha value is -2.38. The summed E-state index contributed by atoms with van der Waals surface area (Å²) in [6.45, 7) is 2.51. The van der Waals surface area contributed by atoms with E-state index >= 15 is 0 Å². The van der Waals surface area contributed by atoms with E-state index in [2.05, 4.69) is 23.9 Å². The highest BCUT2D eigenvalue weighted by Gasteiger charge is 2.36. The Bertz CT molecular complexity index is 831. The number of rotatable bonds is 5. The van der Waals surface area contributed by atoms with E-state index in [1.807, 2.05) is 23.1 Å². The molecule has 3 rings (SSSR count). The molecule has 29 heavy (non-hydrogen) atoms. The number of carbonyl (C=O) groups excluding carboxylic acids is 1. The standard InChI is InChI=1S/C21H25F2N3O2.ClH/c1-21(2)13-26(12-11-18(21)24)19(27)16-5-3-4-6-17(16)25-14-7-9-15(10-8-14)28-20(22)23;/h3-10,18,20,25H,11-13,24H2,1-2H3;1H. The topological polar surface area (TPSA) is 67.6 Å². The second kappa shape index (κ2) is 9.41. The third-order valence-corrected chi connectivity index (χ3v) is 5.12. The maximum absolute atomic E-state index is 13.1. The van der Waals surface area contributed by atoms with E-state index in [0.717, 1.165) is 6.42 Å². The monoisotopic (exact) mass is 425 g/mol. The Labute approximate surface area is 175 Å². The Morgan fingerprint density at radius 2 is 1.86 bits per heavy atom. The molecule has 0 radical (unpaired) electrons. The molecule has 1 heterocycles. The summed E-state index contributed by atoms with van der Waals surface area (Å²) in [5.41, 5.74) is 7.92. The van der Waals surface area contributed by atoms with Gasteiger partial charge in [-0.1, -0.05) is 26.0 Å². The zero-order valence-corrected chi connectivity index (χ0v) is 17.2. The number of benzene rings is 2. The van der Waals surface area contributed by atoms with Crippen LogP contribution < -0.4 is 15.8 Å². The van der Waals surface area contributed by atoms with Gasteiger partial charge in [-0.05, 0) is 48.2 Å². The van der Waals surface area contributed by atoms with Gasteiger partial charge >= 0.3 is 6.61 Å². The van der Waals surface area contributed by atoms with Crippen LogP contribution in [-0.2, 0) is 0 Å². The molecule has 1 atom stereocenters. The average Bonchev–Trinajstić information content (AvgIpc) is 2.65. The molecule has 0 saturated carbocycles. The van der Waals surface area contributed by atoms with Gasteiger partial charge in [-0.2, -0.15) is 8.78 Å². The molecule has 2 aromatic carbocycles. The summed E-state index contributed by atoms with van der Waals surface area (Å²) >= 11 is 0. The minimum Gasteiger partial charge on any atom is -0.435 e. The molecule has 1 saturated heterocycles. The minimum absolute atomic E-state index is 0. The molecular formula is C21H26ClF2N3O2. The van der Waals surface area contributed by atoms with Gasteiger partial charge in [0.25, 0.3) is 5.91 Å². The SMILES string of the molecule is CC1(C)CN(C(=O)c2ccccc2Nc2ccc(OC(F)F)cc2)CCC1N.Cl. The van der Waals surface area contributed by atoms with Crippen molar-refractivity contribution in [3.63, 3.8) is 0 Å². The van der Waals surface area contributed by atoms with Crippen LogP contribution in [0.25, 0.3) is 0 Å². The zero-order chi connectivity index (χ0) is 20.3. The highest BCUT2D eigenvalue weighted by molar-refractivity contribution is 6.00. The van der Waals surface area contributed by atoms with Crippen molar-refractivity contribution in [1.82, 2.24) is 4.90 Å². The molecule has 2 aromatic rings. The number of halogens is 3. The van der Waals surface area contributed by atoms with E-state index in [0.29, 0.717) is 30.0 Å². The van der Waals surface area contributed by atoms with Crippen molar-refractivity contribution in [3.8, 4) is 5.75 Å². The molecule has 0 aliphatic carbocycles. The molecule has 1 aliphatic rings. The third-order valence-electron chi connectivity index (χ3n) is 5.12. The number of likely N-dealkylation sites (tertiary alicyclic amines) is 1. The van der Waals surface area contributed by atoms with E-state index in [-0.39, 0.29) is 35.5 Å². The van der Waals surface area contributed by atoms with Crippen molar-refractivity contribution in [2.24, 2.45) is 11.1 Å². The van der Waals surface area contributed by atoms with Crippen LogP contribution in [0, 0.1) is 5.41 Å². The fourth-order valence-electron chi connectivity index (χ4n) is 3.37. The van der Waals surface area contributed by atoms with Gasteiger partial charge in [0.05, 0.1) is 11.3 Å². The van der Waals surface area contributed by atoms with Crippen molar-refractivity contribution < 1.29 is 18.3 Å². The van der Waals surface area contributed by atoms with E-state index in [9.17, 15) is 13.6 Å². The summed E-state index contributed by atoms with van der Waals surface area (Å²) in [5.74, 6) is 0.0255. The number of nitrogens with one attached hydrogen (secondary N) is 1. The highest BCUT2D eigenvalue weighted by Crippen LogP contribution is 2.30. The number of anilines is 2. The molecule has 1 amide bonds. The Morgan fingerprint density at radius 1 is 1.21 bits per heavy atom. The number of piperidine rings is 1. The van der Waals surface area contributed by atoms with Gasteiger partial charge in [0.15, 0.2) is 0 Å². The van der Waals surface area contributed by atoms with Gasteiger partial charge in [0.2, 0.25) is 0 Å². The summed E-state index contributed by atoms with van der Waals surface area (Å²) in [7, 11) is 0. The summed E-state index contributed by atoms with van der Waals surface area (Å²) in [4.78, 5) is 15.0. The Balaban J connectivity index is 0.00000300. The normalized spacial score (nSPS) is 18.1. The number of hydrogen-bond donors (Lipinski definition) is 2. The van der Waals surface area contributed by atoms with Crippen LogP contribution in [0.3, 0.4) is 0 Å². The molecule has 5 nitrogen and oxygen atoms in total. The molecule has 158 valence electrons. The van der Waals surface area contributed by atoms with Crippen molar-refractivity contribution in [1.29, 1.82) is 0 Å². The number of alkyl halides is 2. The van der Waals surface area contributed by atoms with Gasteiger partial charge in [0, 0.05) is 24.8 Å². The number of nitrogens with zero attached hydrogens (tertiary/aromatic N) is 1.